The largest absolute Gasteiger partial charge is 0.497 e. The number of aryl methyl sites for hydroxylation is 1. The number of methoxy groups -OCH3 is 1. The second kappa shape index (κ2) is 6.21. The number of aliphatic hydroxyl groups excluding tert-OH is 1. The minimum atomic E-state index is -0.333. The van der Waals surface area contributed by atoms with Crippen LogP contribution in [0.3, 0.4) is 0 Å². The van der Waals surface area contributed by atoms with E-state index in [1.54, 1.807) is 19.6 Å². The summed E-state index contributed by atoms with van der Waals surface area (Å²) in [4.78, 5) is 3.97. The van der Waals surface area contributed by atoms with E-state index in [2.05, 4.69) is 4.98 Å². The Hall–Kier alpha value is -1.81. The summed E-state index contributed by atoms with van der Waals surface area (Å²) in [6.45, 7) is 0.789. The zero-order valence-electron chi connectivity index (χ0n) is 10.5. The first-order valence-electron chi connectivity index (χ1n) is 6.04. The van der Waals surface area contributed by atoms with Crippen molar-refractivity contribution in [1.29, 1.82) is 0 Å². The SMILES string of the molecule is COc1ccc(CC(O)CCn2ccnc2)cc1. The van der Waals surface area contributed by atoms with Gasteiger partial charge >= 0.3 is 0 Å². The van der Waals surface area contributed by atoms with E-state index in [0.717, 1.165) is 24.3 Å². The van der Waals surface area contributed by atoms with Crippen LogP contribution in [0.15, 0.2) is 43.0 Å². The molecule has 0 saturated carbocycles. The lowest BCUT2D eigenvalue weighted by atomic mass is 10.1. The van der Waals surface area contributed by atoms with Crippen molar-refractivity contribution in [2.24, 2.45) is 0 Å². The molecule has 0 aliphatic heterocycles. The lowest BCUT2D eigenvalue weighted by Crippen LogP contribution is -2.13. The highest BCUT2D eigenvalue weighted by Crippen LogP contribution is 2.13. The number of benzene rings is 1. The van der Waals surface area contributed by atoms with E-state index in [0.29, 0.717) is 6.42 Å². The molecule has 0 bridgehead atoms. The highest BCUT2D eigenvalue weighted by Gasteiger charge is 2.06. The van der Waals surface area contributed by atoms with Gasteiger partial charge in [-0.05, 0) is 30.5 Å². The second-order valence-electron chi connectivity index (χ2n) is 4.30. The van der Waals surface area contributed by atoms with Gasteiger partial charge in [-0.15, -0.1) is 0 Å². The summed E-state index contributed by atoms with van der Waals surface area (Å²) in [5, 5.41) is 9.96. The number of ether oxygens (including phenoxy) is 1. The van der Waals surface area contributed by atoms with Crippen molar-refractivity contribution < 1.29 is 9.84 Å². The van der Waals surface area contributed by atoms with Crippen molar-refractivity contribution in [1.82, 2.24) is 9.55 Å². The van der Waals surface area contributed by atoms with Gasteiger partial charge in [0.2, 0.25) is 0 Å². The maximum absolute atomic E-state index is 9.96. The number of nitrogens with zero attached hydrogens (tertiary/aromatic N) is 2. The molecule has 18 heavy (non-hydrogen) atoms. The van der Waals surface area contributed by atoms with Crippen LogP contribution in [0.2, 0.25) is 0 Å². The Labute approximate surface area is 107 Å². The molecule has 1 aromatic heterocycles. The summed E-state index contributed by atoms with van der Waals surface area (Å²) in [5.41, 5.74) is 1.12. The van der Waals surface area contributed by atoms with Gasteiger partial charge in [0.05, 0.1) is 19.5 Å². The lowest BCUT2D eigenvalue weighted by Gasteiger charge is -2.11. The molecular weight excluding hydrogens is 228 g/mol. The molecule has 0 radical (unpaired) electrons. The van der Waals surface area contributed by atoms with Gasteiger partial charge in [0.1, 0.15) is 5.75 Å². The summed E-state index contributed by atoms with van der Waals surface area (Å²) in [6.07, 6.45) is 6.47. The van der Waals surface area contributed by atoms with Crippen LogP contribution in [0.1, 0.15) is 12.0 Å². The van der Waals surface area contributed by atoms with Gasteiger partial charge < -0.3 is 14.4 Å². The highest BCUT2D eigenvalue weighted by atomic mass is 16.5. The molecule has 4 heteroatoms. The molecule has 0 fully saturated rings. The zero-order chi connectivity index (χ0) is 12.8. The standard InChI is InChI=1S/C14H18N2O2/c1-18-14-4-2-12(3-5-14)10-13(17)6-8-16-9-7-15-11-16/h2-5,7,9,11,13,17H,6,8,10H2,1H3. The Morgan fingerprint density at radius 3 is 2.72 bits per heavy atom. The number of aliphatic hydroxyl groups is 1. The number of rotatable bonds is 6. The predicted molar refractivity (Wildman–Crippen MR) is 69.5 cm³/mol. The van der Waals surface area contributed by atoms with Gasteiger partial charge in [-0.2, -0.15) is 0 Å². The monoisotopic (exact) mass is 246 g/mol. The first kappa shape index (κ1) is 12.6. The van der Waals surface area contributed by atoms with E-state index in [1.165, 1.54) is 0 Å². The molecular formula is C14H18N2O2. The third-order valence-electron chi connectivity index (χ3n) is 2.91. The van der Waals surface area contributed by atoms with Crippen LogP contribution >= 0.6 is 0 Å². The average molecular weight is 246 g/mol. The van der Waals surface area contributed by atoms with E-state index in [-0.39, 0.29) is 6.10 Å². The van der Waals surface area contributed by atoms with Crippen LogP contribution in [0.4, 0.5) is 0 Å². The normalized spacial score (nSPS) is 12.3. The molecule has 96 valence electrons. The van der Waals surface area contributed by atoms with Gasteiger partial charge in [-0.25, -0.2) is 4.98 Å². The fraction of sp³-hybridized carbons (Fsp3) is 0.357. The molecule has 0 saturated heterocycles. The van der Waals surface area contributed by atoms with Crippen molar-refractivity contribution in [2.45, 2.75) is 25.5 Å². The van der Waals surface area contributed by atoms with Crippen LogP contribution in [-0.2, 0) is 13.0 Å². The minimum Gasteiger partial charge on any atom is -0.497 e. The van der Waals surface area contributed by atoms with Crippen LogP contribution < -0.4 is 4.74 Å². The lowest BCUT2D eigenvalue weighted by molar-refractivity contribution is 0.158. The van der Waals surface area contributed by atoms with Crippen LogP contribution in [0, 0.1) is 0 Å². The first-order chi connectivity index (χ1) is 8.78. The molecule has 0 aliphatic rings. The minimum absolute atomic E-state index is 0.333. The summed E-state index contributed by atoms with van der Waals surface area (Å²) in [7, 11) is 1.65. The zero-order valence-corrected chi connectivity index (χ0v) is 10.5. The van der Waals surface area contributed by atoms with Crippen molar-refractivity contribution in [3.8, 4) is 5.75 Å². The van der Waals surface area contributed by atoms with Crippen molar-refractivity contribution >= 4 is 0 Å². The fourth-order valence-corrected chi connectivity index (χ4v) is 1.85. The molecule has 0 spiro atoms. The van der Waals surface area contributed by atoms with Crippen LogP contribution in [0.25, 0.3) is 0 Å². The van der Waals surface area contributed by atoms with E-state index in [4.69, 9.17) is 4.74 Å². The van der Waals surface area contributed by atoms with E-state index < -0.39 is 0 Å². The van der Waals surface area contributed by atoms with Gasteiger partial charge in [0.15, 0.2) is 0 Å². The third kappa shape index (κ3) is 3.60. The van der Waals surface area contributed by atoms with E-state index in [1.807, 2.05) is 35.0 Å². The second-order valence-corrected chi connectivity index (χ2v) is 4.30. The van der Waals surface area contributed by atoms with E-state index in [9.17, 15) is 5.11 Å². The number of aromatic nitrogens is 2. The van der Waals surface area contributed by atoms with Crippen LogP contribution in [0.5, 0.6) is 5.75 Å². The molecule has 0 aliphatic carbocycles. The molecule has 4 nitrogen and oxygen atoms in total. The summed E-state index contributed by atoms with van der Waals surface area (Å²) in [5.74, 6) is 0.839. The Kier molecular flexibility index (Phi) is 4.36. The number of imidazole rings is 1. The van der Waals surface area contributed by atoms with Crippen LogP contribution in [-0.4, -0.2) is 27.9 Å². The van der Waals surface area contributed by atoms with E-state index >= 15 is 0 Å². The smallest absolute Gasteiger partial charge is 0.118 e. The summed E-state index contributed by atoms with van der Waals surface area (Å²) >= 11 is 0. The molecule has 1 atom stereocenters. The summed E-state index contributed by atoms with van der Waals surface area (Å²) < 4.78 is 7.07. The topological polar surface area (TPSA) is 47.3 Å². The van der Waals surface area contributed by atoms with Crippen molar-refractivity contribution in [3.63, 3.8) is 0 Å². The fourth-order valence-electron chi connectivity index (χ4n) is 1.85. The molecule has 2 rings (SSSR count). The highest BCUT2D eigenvalue weighted by molar-refractivity contribution is 5.27. The maximum Gasteiger partial charge on any atom is 0.118 e. The Balaban J connectivity index is 1.80. The molecule has 0 amide bonds. The Morgan fingerprint density at radius 2 is 2.11 bits per heavy atom. The Morgan fingerprint density at radius 1 is 1.33 bits per heavy atom. The predicted octanol–water partition coefficient (Wildman–Crippen LogP) is 1.89. The average Bonchev–Trinajstić information content (AvgIpc) is 2.90. The molecule has 2 aromatic rings. The van der Waals surface area contributed by atoms with Crippen molar-refractivity contribution in [2.75, 3.05) is 7.11 Å². The number of hydrogen-bond acceptors (Lipinski definition) is 3. The molecule has 1 unspecified atom stereocenters. The number of hydrogen-bond donors (Lipinski definition) is 1. The molecule has 1 N–H and O–H groups in total. The van der Waals surface area contributed by atoms with Gasteiger partial charge in [0, 0.05) is 18.9 Å². The third-order valence-corrected chi connectivity index (χ3v) is 2.91. The van der Waals surface area contributed by atoms with Gasteiger partial charge in [-0.1, -0.05) is 12.1 Å². The first-order valence-corrected chi connectivity index (χ1v) is 6.04. The Bertz CT molecular complexity index is 451. The van der Waals surface area contributed by atoms with Crippen molar-refractivity contribution in [3.05, 3.63) is 48.5 Å². The van der Waals surface area contributed by atoms with Gasteiger partial charge in [-0.3, -0.25) is 0 Å². The molecule has 1 aromatic carbocycles. The quantitative estimate of drug-likeness (QED) is 0.846. The molecule has 1 heterocycles. The van der Waals surface area contributed by atoms with Gasteiger partial charge in [0.25, 0.3) is 0 Å². The summed E-state index contributed by atoms with van der Waals surface area (Å²) in [6, 6.07) is 7.80. The maximum atomic E-state index is 9.96.